The van der Waals surface area contributed by atoms with Crippen LogP contribution in [0.25, 0.3) is 0 Å². The van der Waals surface area contributed by atoms with Gasteiger partial charge in [0.25, 0.3) is 0 Å². The van der Waals surface area contributed by atoms with Crippen molar-refractivity contribution in [1.29, 1.82) is 0 Å². The largest absolute Gasteiger partial charge is 0.351 e. The molecule has 0 spiro atoms. The maximum atomic E-state index is 4.26. The van der Waals surface area contributed by atoms with Crippen molar-refractivity contribution in [2.45, 2.75) is 26.4 Å². The fraction of sp³-hybridized carbons (Fsp3) is 0.417. The smallest absolute Gasteiger partial charge is 0.0937 e. The maximum Gasteiger partial charge on any atom is 0.0937 e. The number of nitrogens with one attached hydrogen (secondary N) is 1. The molecule has 0 aliphatic carbocycles. The summed E-state index contributed by atoms with van der Waals surface area (Å²) >= 11 is 1.72. The Morgan fingerprint density at radius 2 is 2.44 bits per heavy atom. The standard InChI is InChI=1S/C12H17N3S/c1-2-15-8-3-4-11(15)10-13-6-5-12-14-7-9-16-12/h3-4,7-9,13H,2,5-6,10H2,1H3. The van der Waals surface area contributed by atoms with Gasteiger partial charge in [0.1, 0.15) is 0 Å². The van der Waals surface area contributed by atoms with Crippen molar-refractivity contribution < 1.29 is 0 Å². The Hall–Kier alpha value is -1.13. The highest BCUT2D eigenvalue weighted by Gasteiger charge is 1.99. The topological polar surface area (TPSA) is 29.9 Å². The van der Waals surface area contributed by atoms with Gasteiger partial charge >= 0.3 is 0 Å². The van der Waals surface area contributed by atoms with Crippen LogP contribution >= 0.6 is 11.3 Å². The molecule has 4 heteroatoms. The highest BCUT2D eigenvalue weighted by Crippen LogP contribution is 2.04. The van der Waals surface area contributed by atoms with Crippen LogP contribution in [-0.2, 0) is 19.5 Å². The van der Waals surface area contributed by atoms with Crippen molar-refractivity contribution in [3.63, 3.8) is 0 Å². The second-order valence-corrected chi connectivity index (χ2v) is 4.62. The fourth-order valence-electron chi connectivity index (χ4n) is 1.71. The first-order valence-corrected chi connectivity index (χ1v) is 6.51. The zero-order valence-corrected chi connectivity index (χ0v) is 10.3. The molecule has 2 heterocycles. The SMILES string of the molecule is CCn1cccc1CNCCc1nccs1. The van der Waals surface area contributed by atoms with Gasteiger partial charge in [0.2, 0.25) is 0 Å². The number of thiazole rings is 1. The van der Waals surface area contributed by atoms with Crippen LogP contribution in [0.15, 0.2) is 29.9 Å². The lowest BCUT2D eigenvalue weighted by atomic mass is 10.4. The number of rotatable bonds is 6. The monoisotopic (exact) mass is 235 g/mol. The van der Waals surface area contributed by atoms with E-state index in [0.717, 1.165) is 26.1 Å². The molecule has 0 fully saturated rings. The number of aryl methyl sites for hydroxylation is 1. The van der Waals surface area contributed by atoms with Crippen LogP contribution in [0.5, 0.6) is 0 Å². The molecule has 0 aromatic carbocycles. The summed E-state index contributed by atoms with van der Waals surface area (Å²) in [7, 11) is 0. The first kappa shape index (κ1) is 11.4. The molecule has 0 unspecified atom stereocenters. The third kappa shape index (κ3) is 2.93. The molecular weight excluding hydrogens is 218 g/mol. The maximum absolute atomic E-state index is 4.26. The van der Waals surface area contributed by atoms with E-state index in [1.54, 1.807) is 11.3 Å². The summed E-state index contributed by atoms with van der Waals surface area (Å²) < 4.78 is 2.26. The van der Waals surface area contributed by atoms with Crippen LogP contribution < -0.4 is 5.32 Å². The van der Waals surface area contributed by atoms with E-state index >= 15 is 0 Å². The average Bonchev–Trinajstić information content (AvgIpc) is 2.95. The minimum absolute atomic E-state index is 0.937. The second-order valence-electron chi connectivity index (χ2n) is 3.64. The number of hydrogen-bond acceptors (Lipinski definition) is 3. The number of aromatic nitrogens is 2. The van der Waals surface area contributed by atoms with E-state index in [1.165, 1.54) is 10.7 Å². The molecule has 16 heavy (non-hydrogen) atoms. The Kier molecular flexibility index (Phi) is 4.13. The van der Waals surface area contributed by atoms with Gasteiger partial charge in [0.15, 0.2) is 0 Å². The van der Waals surface area contributed by atoms with Crippen LogP contribution in [0.4, 0.5) is 0 Å². The quantitative estimate of drug-likeness (QED) is 0.779. The molecule has 3 nitrogen and oxygen atoms in total. The average molecular weight is 235 g/mol. The highest BCUT2D eigenvalue weighted by molar-refractivity contribution is 7.09. The molecular formula is C12H17N3S. The van der Waals surface area contributed by atoms with Crippen molar-refractivity contribution in [2.24, 2.45) is 0 Å². The zero-order valence-electron chi connectivity index (χ0n) is 9.52. The molecule has 2 aromatic heterocycles. The lowest BCUT2D eigenvalue weighted by molar-refractivity contribution is 0.628. The van der Waals surface area contributed by atoms with E-state index in [0.29, 0.717) is 0 Å². The molecule has 0 amide bonds. The summed E-state index contributed by atoms with van der Waals surface area (Å²) in [4.78, 5) is 4.26. The molecule has 86 valence electrons. The Bertz CT molecular complexity index is 406. The summed E-state index contributed by atoms with van der Waals surface area (Å²) in [6.45, 7) is 5.13. The van der Waals surface area contributed by atoms with Gasteiger partial charge in [0.05, 0.1) is 5.01 Å². The predicted octanol–water partition coefficient (Wildman–Crippen LogP) is 2.30. The number of nitrogens with zero attached hydrogens (tertiary/aromatic N) is 2. The molecule has 0 aliphatic heterocycles. The van der Waals surface area contributed by atoms with Crippen molar-refractivity contribution in [3.8, 4) is 0 Å². The first-order valence-electron chi connectivity index (χ1n) is 5.63. The minimum Gasteiger partial charge on any atom is -0.351 e. The van der Waals surface area contributed by atoms with Gasteiger partial charge in [-0.25, -0.2) is 4.98 Å². The normalized spacial score (nSPS) is 10.8. The summed E-state index contributed by atoms with van der Waals surface area (Å²) in [5.74, 6) is 0. The van der Waals surface area contributed by atoms with Gasteiger partial charge in [-0.2, -0.15) is 0 Å². The summed E-state index contributed by atoms with van der Waals surface area (Å²) in [6, 6.07) is 4.27. The molecule has 0 radical (unpaired) electrons. The van der Waals surface area contributed by atoms with Gasteiger partial charge < -0.3 is 9.88 Å². The molecule has 0 saturated heterocycles. The summed E-state index contributed by atoms with van der Waals surface area (Å²) in [5.41, 5.74) is 1.35. The van der Waals surface area contributed by atoms with E-state index in [-0.39, 0.29) is 0 Å². The van der Waals surface area contributed by atoms with Gasteiger partial charge in [-0.3, -0.25) is 0 Å². The number of hydrogen-bond donors (Lipinski definition) is 1. The third-order valence-corrected chi connectivity index (χ3v) is 3.41. The van der Waals surface area contributed by atoms with E-state index in [4.69, 9.17) is 0 Å². The van der Waals surface area contributed by atoms with Crippen molar-refractivity contribution >= 4 is 11.3 Å². The molecule has 1 N–H and O–H groups in total. The van der Waals surface area contributed by atoms with Crippen molar-refractivity contribution in [3.05, 3.63) is 40.6 Å². The lowest BCUT2D eigenvalue weighted by Crippen LogP contribution is -2.18. The lowest BCUT2D eigenvalue weighted by Gasteiger charge is -2.07. The van der Waals surface area contributed by atoms with Gasteiger partial charge in [-0.1, -0.05) is 0 Å². The fourth-order valence-corrected chi connectivity index (χ4v) is 2.33. The van der Waals surface area contributed by atoms with Crippen LogP contribution in [0.1, 0.15) is 17.6 Å². The minimum atomic E-state index is 0.937. The van der Waals surface area contributed by atoms with E-state index in [9.17, 15) is 0 Å². The Morgan fingerprint density at radius 1 is 1.50 bits per heavy atom. The second kappa shape index (κ2) is 5.82. The van der Waals surface area contributed by atoms with Crippen LogP contribution in [0.2, 0.25) is 0 Å². The summed E-state index contributed by atoms with van der Waals surface area (Å²) in [5, 5.41) is 6.68. The van der Waals surface area contributed by atoms with Gasteiger partial charge in [-0.15, -0.1) is 11.3 Å². The van der Waals surface area contributed by atoms with E-state index < -0.39 is 0 Å². The van der Waals surface area contributed by atoms with Gasteiger partial charge in [0, 0.05) is 49.5 Å². The molecule has 0 saturated carbocycles. The Labute approximate surface area is 100 Å². The Balaban J connectivity index is 1.72. The molecule has 2 aromatic rings. The Morgan fingerprint density at radius 3 is 3.19 bits per heavy atom. The van der Waals surface area contributed by atoms with E-state index in [2.05, 4.69) is 40.1 Å². The van der Waals surface area contributed by atoms with E-state index in [1.807, 2.05) is 11.6 Å². The van der Waals surface area contributed by atoms with Gasteiger partial charge in [-0.05, 0) is 19.1 Å². The third-order valence-electron chi connectivity index (χ3n) is 2.57. The van der Waals surface area contributed by atoms with Crippen LogP contribution in [-0.4, -0.2) is 16.1 Å². The summed E-state index contributed by atoms with van der Waals surface area (Å²) in [6.07, 6.45) is 5.00. The molecule has 0 aliphatic rings. The zero-order chi connectivity index (χ0) is 11.2. The van der Waals surface area contributed by atoms with Crippen molar-refractivity contribution in [1.82, 2.24) is 14.9 Å². The van der Waals surface area contributed by atoms with Crippen molar-refractivity contribution in [2.75, 3.05) is 6.54 Å². The van der Waals surface area contributed by atoms with Crippen LogP contribution in [0, 0.1) is 0 Å². The molecule has 0 atom stereocenters. The highest BCUT2D eigenvalue weighted by atomic mass is 32.1. The predicted molar refractivity (Wildman–Crippen MR) is 67.6 cm³/mol. The molecule has 0 bridgehead atoms. The molecule has 2 rings (SSSR count). The first-order chi connectivity index (χ1) is 7.90. The van der Waals surface area contributed by atoms with Crippen LogP contribution in [0.3, 0.4) is 0 Å².